The minimum atomic E-state index is -0.599. The highest BCUT2D eigenvalue weighted by Gasteiger charge is 2.62. The van der Waals surface area contributed by atoms with E-state index in [9.17, 15) is 9.59 Å². The molecule has 6 nitrogen and oxygen atoms in total. The highest BCUT2D eigenvalue weighted by atomic mass is 79.9. The second-order valence-electron chi connectivity index (χ2n) is 8.50. The third-order valence-electron chi connectivity index (χ3n) is 6.86. The molecule has 3 aliphatic rings. The molecule has 7 heteroatoms. The van der Waals surface area contributed by atoms with Crippen molar-refractivity contribution in [1.82, 2.24) is 4.90 Å². The fourth-order valence-electron chi connectivity index (χ4n) is 4.93. The zero-order chi connectivity index (χ0) is 20.5. The molecule has 3 fully saturated rings. The van der Waals surface area contributed by atoms with Gasteiger partial charge in [-0.05, 0) is 25.5 Å². The second kappa shape index (κ2) is 9.79. The van der Waals surface area contributed by atoms with Crippen LogP contribution < -0.4 is 0 Å². The molecule has 0 N–H and O–H groups in total. The first-order chi connectivity index (χ1) is 14.0. The van der Waals surface area contributed by atoms with Crippen molar-refractivity contribution in [3.63, 3.8) is 0 Å². The van der Waals surface area contributed by atoms with Crippen molar-refractivity contribution in [3.8, 4) is 0 Å². The number of ether oxygens (including phenoxy) is 3. The Bertz CT molecular complexity index is 722. The van der Waals surface area contributed by atoms with Gasteiger partial charge in [-0.15, -0.1) is 17.0 Å². The van der Waals surface area contributed by atoms with Crippen LogP contribution in [0.25, 0.3) is 0 Å². The second-order valence-corrected chi connectivity index (χ2v) is 8.50. The zero-order valence-corrected chi connectivity index (χ0v) is 19.6. The Kier molecular flexibility index (Phi) is 7.58. The molecule has 3 heterocycles. The molecule has 1 aromatic rings. The van der Waals surface area contributed by atoms with Crippen LogP contribution in [0.15, 0.2) is 30.3 Å². The van der Waals surface area contributed by atoms with E-state index in [2.05, 4.69) is 11.9 Å². The Morgan fingerprint density at radius 3 is 2.23 bits per heavy atom. The molecule has 3 saturated heterocycles. The van der Waals surface area contributed by atoms with E-state index in [1.807, 2.05) is 44.2 Å². The number of hydrogen-bond donors (Lipinski definition) is 0. The molecule has 0 radical (unpaired) electrons. The average Bonchev–Trinajstić information content (AvgIpc) is 3.48. The third-order valence-corrected chi connectivity index (χ3v) is 6.86. The number of halogens is 1. The molecule has 0 spiro atoms. The molecular weight excluding hydrogens is 450 g/mol. The molecule has 3 aliphatic heterocycles. The molecule has 0 aliphatic carbocycles. The summed E-state index contributed by atoms with van der Waals surface area (Å²) >= 11 is 0. The number of carbonyl (C=O) groups is 2. The van der Waals surface area contributed by atoms with Crippen molar-refractivity contribution in [2.45, 2.75) is 75.8 Å². The van der Waals surface area contributed by atoms with Crippen LogP contribution in [0, 0.1) is 5.92 Å². The fourth-order valence-corrected chi connectivity index (χ4v) is 4.93. The predicted octanol–water partition coefficient (Wildman–Crippen LogP) is 3.48. The molecule has 4 rings (SSSR count). The van der Waals surface area contributed by atoms with Gasteiger partial charge in [0.05, 0.1) is 5.92 Å². The lowest BCUT2D eigenvalue weighted by Crippen LogP contribution is -2.48. The molecule has 30 heavy (non-hydrogen) atoms. The van der Waals surface area contributed by atoms with Gasteiger partial charge in [0.15, 0.2) is 0 Å². The smallest absolute Gasteiger partial charge is 0.317 e. The lowest BCUT2D eigenvalue weighted by Gasteiger charge is -2.38. The molecule has 0 unspecified atom stereocenters. The number of hydrogen-bond acceptors (Lipinski definition) is 6. The van der Waals surface area contributed by atoms with E-state index in [-0.39, 0.29) is 47.5 Å². The fraction of sp³-hybridized carbons (Fsp3) is 0.652. The van der Waals surface area contributed by atoms with Gasteiger partial charge in [-0.3, -0.25) is 14.5 Å². The molecule has 2 bridgehead atoms. The van der Waals surface area contributed by atoms with Crippen molar-refractivity contribution >= 4 is 28.9 Å². The number of nitrogens with zero attached hydrogens (tertiary/aromatic N) is 1. The summed E-state index contributed by atoms with van der Waals surface area (Å²) < 4.78 is 17.2. The number of epoxide rings is 1. The van der Waals surface area contributed by atoms with Gasteiger partial charge in [-0.2, -0.15) is 0 Å². The number of benzene rings is 1. The number of rotatable bonds is 8. The van der Waals surface area contributed by atoms with Gasteiger partial charge >= 0.3 is 11.9 Å². The lowest BCUT2D eigenvalue weighted by atomic mass is 9.97. The number of esters is 2. The molecule has 0 amide bonds. The van der Waals surface area contributed by atoms with E-state index in [1.165, 1.54) is 0 Å². The molecular formula is C23H32BrNO5. The van der Waals surface area contributed by atoms with Gasteiger partial charge < -0.3 is 14.2 Å². The first-order valence-electron chi connectivity index (χ1n) is 10.8. The summed E-state index contributed by atoms with van der Waals surface area (Å²) in [7, 11) is 2.13. The maximum absolute atomic E-state index is 13.1. The monoisotopic (exact) mass is 481 g/mol. The van der Waals surface area contributed by atoms with Crippen LogP contribution in [0.5, 0.6) is 0 Å². The highest BCUT2D eigenvalue weighted by Crippen LogP contribution is 2.48. The van der Waals surface area contributed by atoms with E-state index < -0.39 is 5.92 Å². The number of carbonyl (C=O) groups excluding carboxylic acids is 2. The average molecular weight is 482 g/mol. The van der Waals surface area contributed by atoms with Gasteiger partial charge in [0.25, 0.3) is 0 Å². The van der Waals surface area contributed by atoms with Crippen LogP contribution in [0.4, 0.5) is 0 Å². The normalized spacial score (nSPS) is 30.2. The summed E-state index contributed by atoms with van der Waals surface area (Å²) in [5.74, 6) is -1.27. The molecule has 166 valence electrons. The standard InChI is InChI=1S/C23H31NO5.BrH/c1-4-14(5-2)22(25)27-13-17(15-9-7-6-8-10-15)23(26)28-16-11-18-20-21(29-20)19(12-16)24(18)3;/h6-10,14,16-21H,4-5,11-13H2,1-3H3;1H/t16-,17-,18-,19+,20-,21+;/m1./s1. The highest BCUT2D eigenvalue weighted by molar-refractivity contribution is 8.93. The van der Waals surface area contributed by atoms with Crippen molar-refractivity contribution < 1.29 is 23.8 Å². The quantitative estimate of drug-likeness (QED) is 0.418. The molecule has 0 aromatic heterocycles. The van der Waals surface area contributed by atoms with Crippen LogP contribution in [-0.2, 0) is 23.8 Å². The van der Waals surface area contributed by atoms with Crippen LogP contribution in [-0.4, -0.2) is 60.9 Å². The number of morpholine rings is 1. The van der Waals surface area contributed by atoms with E-state index in [0.29, 0.717) is 24.3 Å². The van der Waals surface area contributed by atoms with E-state index in [4.69, 9.17) is 14.2 Å². The Balaban J connectivity index is 0.00000256. The van der Waals surface area contributed by atoms with Gasteiger partial charge in [0.2, 0.25) is 0 Å². The molecule has 1 aromatic carbocycles. The Morgan fingerprint density at radius 2 is 1.67 bits per heavy atom. The predicted molar refractivity (Wildman–Crippen MR) is 118 cm³/mol. The minimum absolute atomic E-state index is 0. The first kappa shape index (κ1) is 23.2. The maximum atomic E-state index is 13.1. The number of likely N-dealkylation sites (N-methyl/N-ethyl adjacent to an activating group) is 1. The van der Waals surface area contributed by atoms with Crippen molar-refractivity contribution in [2.24, 2.45) is 5.92 Å². The first-order valence-corrected chi connectivity index (χ1v) is 10.8. The van der Waals surface area contributed by atoms with Crippen LogP contribution in [0.3, 0.4) is 0 Å². The third kappa shape index (κ3) is 4.58. The van der Waals surface area contributed by atoms with Crippen LogP contribution in [0.1, 0.15) is 51.0 Å². The van der Waals surface area contributed by atoms with Crippen LogP contribution in [0.2, 0.25) is 0 Å². The minimum Gasteiger partial charge on any atom is -0.464 e. The maximum Gasteiger partial charge on any atom is 0.317 e. The summed E-state index contributed by atoms with van der Waals surface area (Å²) in [5.41, 5.74) is 0.817. The Morgan fingerprint density at radius 1 is 1.07 bits per heavy atom. The van der Waals surface area contributed by atoms with Gasteiger partial charge in [0.1, 0.15) is 30.8 Å². The SMILES string of the molecule is Br.CCC(CC)C(=O)OC[C@@H](C(=O)O[C@@H]1C[C@@H]2[C@H]3O[C@H]3[C@H](C1)N2C)c1ccccc1. The summed E-state index contributed by atoms with van der Waals surface area (Å²) in [6.07, 6.45) is 3.58. The largest absolute Gasteiger partial charge is 0.464 e. The summed E-state index contributed by atoms with van der Waals surface area (Å²) in [6.45, 7) is 3.97. The Labute approximate surface area is 189 Å². The number of fused-ring (bicyclic) bond motifs is 5. The number of piperidine rings is 1. The topological polar surface area (TPSA) is 68.4 Å². The summed E-state index contributed by atoms with van der Waals surface area (Å²) in [4.78, 5) is 27.8. The van der Waals surface area contributed by atoms with Crippen LogP contribution >= 0.6 is 17.0 Å². The summed E-state index contributed by atoms with van der Waals surface area (Å²) in [5, 5.41) is 0. The van der Waals surface area contributed by atoms with Gasteiger partial charge in [-0.1, -0.05) is 44.2 Å². The zero-order valence-electron chi connectivity index (χ0n) is 17.9. The van der Waals surface area contributed by atoms with E-state index >= 15 is 0 Å². The van der Waals surface area contributed by atoms with E-state index in [1.54, 1.807) is 0 Å². The van der Waals surface area contributed by atoms with Crippen molar-refractivity contribution in [3.05, 3.63) is 35.9 Å². The van der Waals surface area contributed by atoms with Crippen molar-refractivity contribution in [2.75, 3.05) is 13.7 Å². The molecule has 6 atom stereocenters. The Hall–Kier alpha value is -1.44. The van der Waals surface area contributed by atoms with Gasteiger partial charge in [-0.25, -0.2) is 0 Å². The molecule has 0 saturated carbocycles. The van der Waals surface area contributed by atoms with Crippen molar-refractivity contribution in [1.29, 1.82) is 0 Å². The lowest BCUT2D eigenvalue weighted by molar-refractivity contribution is -0.160. The van der Waals surface area contributed by atoms with Gasteiger partial charge in [0, 0.05) is 24.9 Å². The van der Waals surface area contributed by atoms with E-state index in [0.717, 1.165) is 31.2 Å². The summed E-state index contributed by atoms with van der Waals surface area (Å²) in [6, 6.07) is 10.1.